The average molecular weight is 448 g/mol. The Morgan fingerprint density at radius 2 is 2.03 bits per heavy atom. The van der Waals surface area contributed by atoms with Gasteiger partial charge in [-0.2, -0.15) is 0 Å². The number of rotatable bonds is 5. The third-order valence-electron chi connectivity index (χ3n) is 4.39. The van der Waals surface area contributed by atoms with Crippen LogP contribution in [0.25, 0.3) is 22.4 Å². The summed E-state index contributed by atoms with van der Waals surface area (Å²) in [7, 11) is 0. The number of amides is 1. The number of hydrogen-bond donors (Lipinski definition) is 2. The first-order valence-electron chi connectivity index (χ1n) is 9.68. The molecule has 4 aromatic rings. The van der Waals surface area contributed by atoms with E-state index in [1.165, 1.54) is 36.7 Å². The van der Waals surface area contributed by atoms with Gasteiger partial charge in [0.25, 0.3) is 5.56 Å². The SMILES string of the molecule is CCOC(=O)Nc1cc(OC(=O)c2cccnc2)ccc1-c1cc(=O)c2nc[nH]c(=O)c2o1. The number of fused-ring (bicyclic) bond motifs is 1. The van der Waals surface area contributed by atoms with Crippen LogP contribution in [0.5, 0.6) is 5.75 Å². The predicted octanol–water partition coefficient (Wildman–Crippen LogP) is 2.73. The number of benzene rings is 1. The number of aromatic nitrogens is 3. The Balaban J connectivity index is 1.77. The zero-order valence-corrected chi connectivity index (χ0v) is 17.2. The molecule has 0 aliphatic heterocycles. The second-order valence-electron chi connectivity index (χ2n) is 6.57. The van der Waals surface area contributed by atoms with Crippen LogP contribution in [-0.2, 0) is 4.74 Å². The van der Waals surface area contributed by atoms with Gasteiger partial charge in [0.05, 0.1) is 24.2 Å². The lowest BCUT2D eigenvalue weighted by atomic mass is 10.1. The summed E-state index contributed by atoms with van der Waals surface area (Å²) >= 11 is 0. The van der Waals surface area contributed by atoms with Crippen molar-refractivity contribution in [3.05, 3.63) is 81.3 Å². The molecule has 0 aliphatic carbocycles. The number of esters is 1. The van der Waals surface area contributed by atoms with Gasteiger partial charge in [0.15, 0.2) is 5.52 Å². The van der Waals surface area contributed by atoms with Crippen LogP contribution in [0.3, 0.4) is 0 Å². The van der Waals surface area contributed by atoms with Gasteiger partial charge >= 0.3 is 12.1 Å². The Morgan fingerprint density at radius 1 is 1.18 bits per heavy atom. The maximum absolute atomic E-state index is 12.5. The van der Waals surface area contributed by atoms with Gasteiger partial charge in [-0.25, -0.2) is 14.6 Å². The summed E-state index contributed by atoms with van der Waals surface area (Å²) in [5.41, 5.74) is -1.00. The molecular weight excluding hydrogens is 432 g/mol. The van der Waals surface area contributed by atoms with Gasteiger partial charge in [-0.1, -0.05) is 0 Å². The fraction of sp³-hybridized carbons (Fsp3) is 0.0909. The minimum absolute atomic E-state index is 0.0112. The third-order valence-corrected chi connectivity index (χ3v) is 4.39. The standard InChI is InChI=1S/C22H16N4O7/c1-2-31-22(30)26-15-8-13(32-21(29)12-4-3-7-23-10-12)5-6-14(15)17-9-16(27)18-19(33-17)20(28)25-11-24-18/h3-11H,2H2,1H3,(H,26,30)(H,24,25,28). The first-order chi connectivity index (χ1) is 16.0. The molecule has 0 bridgehead atoms. The van der Waals surface area contributed by atoms with Crippen molar-refractivity contribution in [3.63, 3.8) is 0 Å². The van der Waals surface area contributed by atoms with Crippen LogP contribution in [0.15, 0.2) is 69.1 Å². The van der Waals surface area contributed by atoms with Crippen molar-refractivity contribution >= 4 is 28.8 Å². The Bertz CT molecular complexity index is 1460. The molecular formula is C22H16N4O7. The second-order valence-corrected chi connectivity index (χ2v) is 6.57. The number of hydrogen-bond acceptors (Lipinski definition) is 9. The Labute approximate surface area is 185 Å². The highest BCUT2D eigenvalue weighted by Gasteiger charge is 2.17. The number of pyridine rings is 1. The normalized spacial score (nSPS) is 10.6. The molecule has 0 spiro atoms. The molecule has 0 aliphatic rings. The molecule has 0 atom stereocenters. The van der Waals surface area contributed by atoms with Crippen molar-refractivity contribution in [2.45, 2.75) is 6.92 Å². The summed E-state index contributed by atoms with van der Waals surface area (Å²) in [4.78, 5) is 59.0. The number of carbonyl (C=O) groups excluding carboxylic acids is 2. The summed E-state index contributed by atoms with van der Waals surface area (Å²) < 4.78 is 15.9. The maximum atomic E-state index is 12.5. The first kappa shape index (κ1) is 21.4. The number of aromatic amines is 1. The molecule has 3 heterocycles. The summed E-state index contributed by atoms with van der Waals surface area (Å²) in [6, 6.07) is 8.53. The molecule has 0 saturated carbocycles. The lowest BCUT2D eigenvalue weighted by Crippen LogP contribution is -2.15. The molecule has 0 fully saturated rings. The van der Waals surface area contributed by atoms with Crippen LogP contribution in [0, 0.1) is 0 Å². The molecule has 33 heavy (non-hydrogen) atoms. The Hall–Kier alpha value is -4.80. The van der Waals surface area contributed by atoms with Gasteiger partial charge < -0.3 is 18.9 Å². The van der Waals surface area contributed by atoms with E-state index in [2.05, 4.69) is 20.3 Å². The zero-order chi connectivity index (χ0) is 23.4. The van der Waals surface area contributed by atoms with Crippen molar-refractivity contribution in [3.8, 4) is 17.1 Å². The number of H-pyrrole nitrogens is 1. The lowest BCUT2D eigenvalue weighted by Gasteiger charge is -2.13. The summed E-state index contributed by atoms with van der Waals surface area (Å²) in [6.07, 6.45) is 3.19. The van der Waals surface area contributed by atoms with E-state index in [0.717, 1.165) is 12.4 Å². The molecule has 1 amide bonds. The van der Waals surface area contributed by atoms with E-state index >= 15 is 0 Å². The fourth-order valence-electron chi connectivity index (χ4n) is 2.95. The first-order valence-corrected chi connectivity index (χ1v) is 9.68. The molecule has 0 unspecified atom stereocenters. The van der Waals surface area contributed by atoms with Crippen molar-refractivity contribution < 1.29 is 23.5 Å². The van der Waals surface area contributed by atoms with E-state index < -0.39 is 23.1 Å². The lowest BCUT2D eigenvalue weighted by molar-refractivity contribution is 0.0734. The molecule has 0 radical (unpaired) electrons. The summed E-state index contributed by atoms with van der Waals surface area (Å²) in [5, 5.41) is 2.52. The molecule has 11 heteroatoms. The van der Waals surface area contributed by atoms with Crippen molar-refractivity contribution in [1.82, 2.24) is 15.0 Å². The molecule has 1 aromatic carbocycles. The van der Waals surface area contributed by atoms with Gasteiger partial charge in [-0.3, -0.25) is 19.9 Å². The van der Waals surface area contributed by atoms with Gasteiger partial charge in [0.1, 0.15) is 11.5 Å². The summed E-state index contributed by atoms with van der Waals surface area (Å²) in [5.74, 6) is -0.572. The highest BCUT2D eigenvalue weighted by atomic mass is 16.5. The van der Waals surface area contributed by atoms with E-state index in [-0.39, 0.29) is 46.0 Å². The molecule has 0 saturated heterocycles. The van der Waals surface area contributed by atoms with E-state index in [1.54, 1.807) is 13.0 Å². The second kappa shape index (κ2) is 9.14. The molecule has 2 N–H and O–H groups in total. The third kappa shape index (κ3) is 4.61. The number of nitrogens with zero attached hydrogens (tertiary/aromatic N) is 2. The molecule has 3 aromatic heterocycles. The van der Waals surface area contributed by atoms with Gasteiger partial charge in [-0.15, -0.1) is 0 Å². The van der Waals surface area contributed by atoms with Gasteiger partial charge in [-0.05, 0) is 31.2 Å². The number of ether oxygens (including phenoxy) is 2. The fourth-order valence-corrected chi connectivity index (χ4v) is 2.95. The van der Waals surface area contributed by atoms with E-state index in [4.69, 9.17) is 13.9 Å². The quantitative estimate of drug-likeness (QED) is 0.346. The van der Waals surface area contributed by atoms with Crippen LogP contribution in [-0.4, -0.2) is 33.6 Å². The largest absolute Gasteiger partial charge is 0.450 e. The summed E-state index contributed by atoms with van der Waals surface area (Å²) in [6.45, 7) is 1.75. The number of carbonyl (C=O) groups is 2. The predicted molar refractivity (Wildman–Crippen MR) is 116 cm³/mol. The average Bonchev–Trinajstić information content (AvgIpc) is 2.80. The minimum Gasteiger partial charge on any atom is -0.450 e. The van der Waals surface area contributed by atoms with Crippen molar-refractivity contribution in [1.29, 1.82) is 0 Å². The van der Waals surface area contributed by atoms with Crippen molar-refractivity contribution in [2.75, 3.05) is 11.9 Å². The maximum Gasteiger partial charge on any atom is 0.411 e. The zero-order valence-electron chi connectivity index (χ0n) is 17.2. The van der Waals surface area contributed by atoms with Gasteiger partial charge in [0, 0.05) is 30.1 Å². The Kier molecular flexibility index (Phi) is 5.94. The smallest absolute Gasteiger partial charge is 0.411 e. The van der Waals surface area contributed by atoms with Crippen LogP contribution < -0.4 is 21.0 Å². The topological polar surface area (TPSA) is 153 Å². The van der Waals surface area contributed by atoms with Crippen LogP contribution in [0.1, 0.15) is 17.3 Å². The molecule has 4 rings (SSSR count). The van der Waals surface area contributed by atoms with E-state index in [0.29, 0.717) is 0 Å². The monoisotopic (exact) mass is 448 g/mol. The minimum atomic E-state index is -0.780. The van der Waals surface area contributed by atoms with Gasteiger partial charge in [0.2, 0.25) is 11.0 Å². The van der Waals surface area contributed by atoms with Crippen LogP contribution >= 0.6 is 0 Å². The number of nitrogens with one attached hydrogen (secondary N) is 2. The highest BCUT2D eigenvalue weighted by molar-refractivity contribution is 5.93. The molecule has 11 nitrogen and oxygen atoms in total. The highest BCUT2D eigenvalue weighted by Crippen LogP contribution is 2.32. The van der Waals surface area contributed by atoms with Crippen LogP contribution in [0.2, 0.25) is 0 Å². The van der Waals surface area contributed by atoms with Crippen molar-refractivity contribution in [2.24, 2.45) is 0 Å². The molecule has 166 valence electrons. The Morgan fingerprint density at radius 3 is 2.79 bits per heavy atom. The van der Waals surface area contributed by atoms with E-state index in [9.17, 15) is 19.2 Å². The van der Waals surface area contributed by atoms with Crippen LogP contribution in [0.4, 0.5) is 10.5 Å². The van der Waals surface area contributed by atoms with E-state index in [1.807, 2.05) is 0 Å². The number of anilines is 1.